The van der Waals surface area contributed by atoms with E-state index in [1.165, 1.54) is 24.3 Å². The predicted molar refractivity (Wildman–Crippen MR) is 129 cm³/mol. The van der Waals surface area contributed by atoms with Gasteiger partial charge in [-0.2, -0.15) is 13.2 Å². The van der Waals surface area contributed by atoms with E-state index in [1.54, 1.807) is 12.1 Å². The van der Waals surface area contributed by atoms with Gasteiger partial charge in [0.25, 0.3) is 0 Å². The van der Waals surface area contributed by atoms with Crippen molar-refractivity contribution in [1.82, 2.24) is 4.90 Å². The second-order valence-electron chi connectivity index (χ2n) is 9.30. The number of nitrogens with two attached hydrogens (primary N) is 1. The van der Waals surface area contributed by atoms with Gasteiger partial charge < -0.3 is 20.7 Å². The van der Waals surface area contributed by atoms with Crippen LogP contribution >= 0.6 is 0 Å². The van der Waals surface area contributed by atoms with E-state index in [4.69, 9.17) is 10.5 Å². The zero-order valence-corrected chi connectivity index (χ0v) is 20.6. The molecule has 1 aliphatic carbocycles. The Balaban J connectivity index is 1.28. The van der Waals surface area contributed by atoms with Crippen LogP contribution in [0.3, 0.4) is 0 Å². The number of likely N-dealkylation sites (tertiary alicyclic amines) is 1. The first-order valence-electron chi connectivity index (χ1n) is 12.0. The Bertz CT molecular complexity index is 1160. The second-order valence-corrected chi connectivity index (χ2v) is 11.6. The summed E-state index contributed by atoms with van der Waals surface area (Å²) in [5.74, 6) is -0.334. The molecule has 1 saturated heterocycles. The number of nitrogens with zero attached hydrogens (tertiary/aromatic N) is 1. The van der Waals surface area contributed by atoms with Crippen LogP contribution in [0.1, 0.15) is 37.7 Å². The molecule has 0 spiro atoms. The Morgan fingerprint density at radius 2 is 1.67 bits per heavy atom. The number of benzene rings is 2. The summed E-state index contributed by atoms with van der Waals surface area (Å²) in [5.41, 5.74) is 5.51. The number of carbonyl (C=O) groups excluding carboxylic acids is 1. The number of anilines is 1. The van der Waals surface area contributed by atoms with Crippen LogP contribution in [-0.4, -0.2) is 56.3 Å². The smallest absolute Gasteiger partial charge is 0.416 e. The highest BCUT2D eigenvalue weighted by Gasteiger charge is 2.52. The standard InChI is InChI=1S/C25H30F3N3O4S/c26-25(27,28)18-2-4-19(5-3-18)30-14-1-17-35-21-8-10-22(11-9-21)36(33,34)24(23(29)32)12-15-31(16-13-24)20-6-7-20/h2-5,8-11,20,30H,1,6-7,12-17H2,(H2,29,32). The SMILES string of the molecule is NC(=O)C1(S(=O)(=O)c2ccc(OCCCNc3ccc(C(F)(F)F)cc3)cc2)CCN(C2CC2)CC1. The van der Waals surface area contributed by atoms with Gasteiger partial charge in [0.2, 0.25) is 5.91 Å². The molecule has 196 valence electrons. The highest BCUT2D eigenvalue weighted by Crippen LogP contribution is 2.39. The molecule has 0 bridgehead atoms. The fourth-order valence-corrected chi connectivity index (χ4v) is 6.48. The molecular formula is C25H30F3N3O4S. The summed E-state index contributed by atoms with van der Waals surface area (Å²) in [6.07, 6.45) is -1.19. The van der Waals surface area contributed by atoms with E-state index in [0.29, 0.717) is 50.1 Å². The van der Waals surface area contributed by atoms with E-state index in [-0.39, 0.29) is 17.7 Å². The van der Waals surface area contributed by atoms with Crippen LogP contribution in [-0.2, 0) is 20.8 Å². The summed E-state index contributed by atoms with van der Waals surface area (Å²) in [5, 5.41) is 3.03. The van der Waals surface area contributed by atoms with Gasteiger partial charge in [-0.15, -0.1) is 0 Å². The molecule has 1 amide bonds. The number of alkyl halides is 3. The van der Waals surface area contributed by atoms with Crippen LogP contribution in [0.4, 0.5) is 18.9 Å². The molecule has 4 rings (SSSR count). The molecule has 1 saturated carbocycles. The van der Waals surface area contributed by atoms with Crippen LogP contribution in [0.2, 0.25) is 0 Å². The Morgan fingerprint density at radius 3 is 2.19 bits per heavy atom. The summed E-state index contributed by atoms with van der Waals surface area (Å²) in [6, 6.07) is 11.2. The number of piperidine rings is 1. The molecule has 0 atom stereocenters. The third kappa shape index (κ3) is 5.62. The lowest BCUT2D eigenvalue weighted by molar-refractivity contribution is -0.137. The van der Waals surface area contributed by atoms with Gasteiger partial charge in [-0.1, -0.05) is 0 Å². The van der Waals surface area contributed by atoms with Gasteiger partial charge in [-0.3, -0.25) is 4.79 Å². The average molecular weight is 526 g/mol. The number of hydrogen-bond acceptors (Lipinski definition) is 6. The van der Waals surface area contributed by atoms with Gasteiger partial charge in [-0.05, 0) is 80.6 Å². The number of hydrogen-bond donors (Lipinski definition) is 2. The molecule has 0 radical (unpaired) electrons. The molecule has 0 aromatic heterocycles. The Hall–Kier alpha value is -2.79. The molecule has 1 heterocycles. The maximum atomic E-state index is 13.4. The number of ether oxygens (including phenoxy) is 1. The first-order valence-corrected chi connectivity index (χ1v) is 13.4. The summed E-state index contributed by atoms with van der Waals surface area (Å²) >= 11 is 0. The predicted octanol–water partition coefficient (Wildman–Crippen LogP) is 3.84. The Morgan fingerprint density at radius 1 is 1.06 bits per heavy atom. The number of rotatable bonds is 10. The molecule has 1 aliphatic heterocycles. The lowest BCUT2D eigenvalue weighted by atomic mass is 9.95. The van der Waals surface area contributed by atoms with Crippen molar-refractivity contribution in [2.24, 2.45) is 5.73 Å². The fourth-order valence-electron chi connectivity index (χ4n) is 4.55. The van der Waals surface area contributed by atoms with Gasteiger partial charge in [0.1, 0.15) is 5.75 Å². The molecule has 7 nitrogen and oxygen atoms in total. The van der Waals surface area contributed by atoms with Crippen LogP contribution in [0.25, 0.3) is 0 Å². The zero-order chi connectivity index (χ0) is 26.0. The molecule has 11 heteroatoms. The number of primary amides is 1. The lowest BCUT2D eigenvalue weighted by Gasteiger charge is -2.39. The first-order chi connectivity index (χ1) is 17.0. The molecule has 2 aromatic rings. The van der Waals surface area contributed by atoms with Crippen LogP contribution in [0, 0.1) is 0 Å². The maximum absolute atomic E-state index is 13.4. The Kier molecular flexibility index (Phi) is 7.51. The minimum atomic E-state index is -4.37. The summed E-state index contributed by atoms with van der Waals surface area (Å²) in [7, 11) is -3.98. The first kappa shape index (κ1) is 26.3. The molecular weight excluding hydrogens is 495 g/mol. The van der Waals surface area contributed by atoms with Crippen molar-refractivity contribution in [2.45, 2.75) is 54.0 Å². The summed E-state index contributed by atoms with van der Waals surface area (Å²) in [4.78, 5) is 14.6. The number of sulfone groups is 1. The van der Waals surface area contributed by atoms with Crippen molar-refractivity contribution >= 4 is 21.4 Å². The van der Waals surface area contributed by atoms with Gasteiger partial charge in [0.15, 0.2) is 14.6 Å². The fraction of sp³-hybridized carbons (Fsp3) is 0.480. The van der Waals surface area contributed by atoms with Crippen LogP contribution < -0.4 is 15.8 Å². The van der Waals surface area contributed by atoms with E-state index >= 15 is 0 Å². The lowest BCUT2D eigenvalue weighted by Crippen LogP contribution is -2.57. The van der Waals surface area contributed by atoms with Gasteiger partial charge >= 0.3 is 6.18 Å². The topological polar surface area (TPSA) is 102 Å². The van der Waals surface area contributed by atoms with Crippen LogP contribution in [0.5, 0.6) is 5.75 Å². The summed E-state index contributed by atoms with van der Waals surface area (Å²) < 4.78 is 68.8. The third-order valence-electron chi connectivity index (χ3n) is 6.90. The van der Waals surface area contributed by atoms with Gasteiger partial charge in [-0.25, -0.2) is 8.42 Å². The highest BCUT2D eigenvalue weighted by molar-refractivity contribution is 7.93. The highest BCUT2D eigenvalue weighted by atomic mass is 32.2. The van der Waals surface area contributed by atoms with E-state index in [9.17, 15) is 26.4 Å². The molecule has 2 aromatic carbocycles. The van der Waals surface area contributed by atoms with E-state index < -0.39 is 32.2 Å². The van der Waals surface area contributed by atoms with Gasteiger partial charge in [0.05, 0.1) is 17.1 Å². The largest absolute Gasteiger partial charge is 0.494 e. The van der Waals surface area contributed by atoms with E-state index in [2.05, 4.69) is 10.2 Å². The average Bonchev–Trinajstić information content (AvgIpc) is 3.69. The number of nitrogens with one attached hydrogen (secondary N) is 1. The minimum absolute atomic E-state index is 0.0393. The van der Waals surface area contributed by atoms with Crippen molar-refractivity contribution < 1.29 is 31.1 Å². The maximum Gasteiger partial charge on any atom is 0.416 e. The number of amides is 1. The molecule has 36 heavy (non-hydrogen) atoms. The zero-order valence-electron chi connectivity index (χ0n) is 19.8. The second kappa shape index (κ2) is 10.3. The summed E-state index contributed by atoms with van der Waals surface area (Å²) in [6.45, 7) is 1.88. The molecule has 0 unspecified atom stereocenters. The van der Waals surface area contributed by atoms with Crippen molar-refractivity contribution in [3.8, 4) is 5.75 Å². The monoisotopic (exact) mass is 525 g/mol. The van der Waals surface area contributed by atoms with Crippen molar-refractivity contribution in [3.05, 3.63) is 54.1 Å². The number of carbonyl (C=O) groups is 1. The molecule has 2 fully saturated rings. The van der Waals surface area contributed by atoms with Crippen molar-refractivity contribution in [2.75, 3.05) is 31.6 Å². The van der Waals surface area contributed by atoms with Crippen molar-refractivity contribution in [3.63, 3.8) is 0 Å². The molecule has 2 aliphatic rings. The molecule has 3 N–H and O–H groups in total. The Labute approximate surface area is 208 Å². The van der Waals surface area contributed by atoms with Crippen molar-refractivity contribution in [1.29, 1.82) is 0 Å². The van der Waals surface area contributed by atoms with E-state index in [1.807, 2.05) is 0 Å². The van der Waals surface area contributed by atoms with E-state index in [0.717, 1.165) is 25.0 Å². The number of halogens is 3. The quantitative estimate of drug-likeness (QED) is 0.457. The normalized spacial score (nSPS) is 18.5. The minimum Gasteiger partial charge on any atom is -0.494 e. The third-order valence-corrected chi connectivity index (χ3v) is 9.43. The van der Waals surface area contributed by atoms with Gasteiger partial charge in [0, 0.05) is 31.4 Å². The van der Waals surface area contributed by atoms with Crippen LogP contribution in [0.15, 0.2) is 53.4 Å².